The number of rotatable bonds is 13. The molecule has 27 heavy (non-hydrogen) atoms. The summed E-state index contributed by atoms with van der Waals surface area (Å²) in [4.78, 5) is 32.0. The molecule has 8 heteroatoms. The minimum atomic E-state index is -0.494. The van der Waals surface area contributed by atoms with E-state index >= 15 is 0 Å². The molecule has 0 aromatic carbocycles. The van der Waals surface area contributed by atoms with Crippen LogP contribution in [0.1, 0.15) is 26.7 Å². The van der Waals surface area contributed by atoms with Crippen LogP contribution in [-0.2, 0) is 33.3 Å². The monoisotopic (exact) mass is 386 g/mol. The molecular weight excluding hydrogens is 356 g/mol. The van der Waals surface area contributed by atoms with Crippen LogP contribution < -0.4 is 0 Å². The lowest BCUT2D eigenvalue weighted by Gasteiger charge is -2.16. The van der Waals surface area contributed by atoms with Crippen LogP contribution in [0.3, 0.4) is 0 Å². The van der Waals surface area contributed by atoms with Crippen molar-refractivity contribution in [3.05, 3.63) is 38.0 Å². The summed E-state index contributed by atoms with van der Waals surface area (Å²) in [6.45, 7) is 14.1. The Bertz CT molecular complexity index is 472. The van der Waals surface area contributed by atoms with Gasteiger partial charge in [0.2, 0.25) is 0 Å². The van der Waals surface area contributed by atoms with Crippen molar-refractivity contribution in [2.24, 2.45) is 0 Å². The summed E-state index contributed by atoms with van der Waals surface area (Å²) in [5, 5.41) is 8.33. The smallest absolute Gasteiger partial charge is 0.330 e. The van der Waals surface area contributed by atoms with E-state index in [2.05, 4.69) is 24.5 Å². The summed E-state index contributed by atoms with van der Waals surface area (Å²) in [6.07, 6.45) is 4.02. The molecule has 154 valence electrons. The maximum Gasteiger partial charge on any atom is 0.330 e. The van der Waals surface area contributed by atoms with Crippen LogP contribution in [0.25, 0.3) is 0 Å². The zero-order chi connectivity index (χ0) is 21.1. The molecule has 1 N–H and O–H groups in total. The standard InChI is InChI=1S/C12H18O5.C7H12O3/c1-5-11(13)16-7-9(3)15-8-10(4)17-12(14)6-2;1-2-7(9)10-6-4-3-5-8/h5-6,9-10H,1-2,7-8H2,3-4H3;2,8H,1,3-6H2. The van der Waals surface area contributed by atoms with Crippen LogP contribution in [0.5, 0.6) is 0 Å². The van der Waals surface area contributed by atoms with E-state index in [4.69, 9.17) is 19.3 Å². The van der Waals surface area contributed by atoms with Crippen molar-refractivity contribution in [3.63, 3.8) is 0 Å². The molecule has 0 spiro atoms. The molecule has 2 atom stereocenters. The second-order valence-corrected chi connectivity index (χ2v) is 5.23. The molecule has 0 amide bonds. The van der Waals surface area contributed by atoms with Gasteiger partial charge in [-0.25, -0.2) is 14.4 Å². The second kappa shape index (κ2) is 18.3. The molecule has 0 fully saturated rings. The first-order valence-electron chi connectivity index (χ1n) is 8.44. The van der Waals surface area contributed by atoms with Gasteiger partial charge < -0.3 is 24.1 Å². The van der Waals surface area contributed by atoms with Gasteiger partial charge in [-0.05, 0) is 26.7 Å². The Hall–Kier alpha value is -2.45. The largest absolute Gasteiger partial charge is 0.463 e. The lowest BCUT2D eigenvalue weighted by Crippen LogP contribution is -2.25. The molecule has 0 aromatic rings. The van der Waals surface area contributed by atoms with Crippen molar-refractivity contribution in [2.45, 2.75) is 38.9 Å². The fourth-order valence-electron chi connectivity index (χ4n) is 1.33. The molecule has 0 bridgehead atoms. The highest BCUT2D eigenvalue weighted by Crippen LogP contribution is 1.99. The molecule has 0 radical (unpaired) electrons. The maximum atomic E-state index is 10.8. The van der Waals surface area contributed by atoms with Crippen molar-refractivity contribution in [1.82, 2.24) is 0 Å². The van der Waals surface area contributed by atoms with Gasteiger partial charge in [-0.3, -0.25) is 0 Å². The number of hydrogen-bond acceptors (Lipinski definition) is 8. The fraction of sp³-hybridized carbons (Fsp3) is 0.526. The number of carbonyl (C=O) groups is 3. The van der Waals surface area contributed by atoms with E-state index in [0.29, 0.717) is 19.4 Å². The van der Waals surface area contributed by atoms with E-state index in [1.807, 2.05) is 0 Å². The number of ether oxygens (including phenoxy) is 4. The number of aliphatic hydroxyl groups is 1. The highest BCUT2D eigenvalue weighted by Gasteiger charge is 2.10. The Balaban J connectivity index is 0. The second-order valence-electron chi connectivity index (χ2n) is 5.23. The van der Waals surface area contributed by atoms with Crippen LogP contribution >= 0.6 is 0 Å². The SMILES string of the molecule is C=CC(=O)OCC(C)OCC(C)OC(=O)C=C.C=CC(=O)OCCCCO. The zero-order valence-corrected chi connectivity index (χ0v) is 16.1. The third-order valence-corrected chi connectivity index (χ3v) is 2.69. The van der Waals surface area contributed by atoms with Crippen LogP contribution in [0.4, 0.5) is 0 Å². The minimum absolute atomic E-state index is 0.132. The van der Waals surface area contributed by atoms with Gasteiger partial charge in [-0.15, -0.1) is 0 Å². The highest BCUT2D eigenvalue weighted by molar-refractivity contribution is 5.81. The Kier molecular flexibility index (Phi) is 18.2. The van der Waals surface area contributed by atoms with E-state index in [1.165, 1.54) is 0 Å². The van der Waals surface area contributed by atoms with Crippen molar-refractivity contribution in [2.75, 3.05) is 26.4 Å². The lowest BCUT2D eigenvalue weighted by molar-refractivity contribution is -0.148. The lowest BCUT2D eigenvalue weighted by atomic mass is 10.3. The average molecular weight is 386 g/mol. The summed E-state index contributed by atoms with van der Waals surface area (Å²) in [6, 6.07) is 0. The molecule has 0 aromatic heterocycles. The first-order chi connectivity index (χ1) is 12.8. The summed E-state index contributed by atoms with van der Waals surface area (Å²) in [5.41, 5.74) is 0. The van der Waals surface area contributed by atoms with Crippen molar-refractivity contribution < 1.29 is 38.4 Å². The Labute approximate surface area is 160 Å². The number of carbonyl (C=O) groups excluding carboxylic acids is 3. The number of hydrogen-bond donors (Lipinski definition) is 1. The summed E-state index contributed by atoms with van der Waals surface area (Å²) in [5.74, 6) is -1.39. The van der Waals surface area contributed by atoms with Crippen LogP contribution in [0, 0.1) is 0 Å². The van der Waals surface area contributed by atoms with Gasteiger partial charge in [-0.2, -0.15) is 0 Å². The molecule has 0 aliphatic carbocycles. The third-order valence-electron chi connectivity index (χ3n) is 2.69. The van der Waals surface area contributed by atoms with Gasteiger partial charge >= 0.3 is 17.9 Å². The predicted molar refractivity (Wildman–Crippen MR) is 99.8 cm³/mol. The number of esters is 3. The average Bonchev–Trinajstić information content (AvgIpc) is 2.67. The Morgan fingerprint density at radius 2 is 1.41 bits per heavy atom. The summed E-state index contributed by atoms with van der Waals surface area (Å²) < 4.78 is 19.6. The molecule has 0 saturated heterocycles. The molecule has 0 aliphatic heterocycles. The van der Waals surface area contributed by atoms with Crippen LogP contribution in [0.2, 0.25) is 0 Å². The Morgan fingerprint density at radius 3 is 1.93 bits per heavy atom. The molecule has 0 heterocycles. The first kappa shape index (κ1) is 26.8. The van der Waals surface area contributed by atoms with E-state index in [0.717, 1.165) is 18.2 Å². The van der Waals surface area contributed by atoms with Gasteiger partial charge in [0, 0.05) is 24.8 Å². The van der Waals surface area contributed by atoms with Crippen LogP contribution in [0.15, 0.2) is 38.0 Å². The molecule has 0 rings (SSSR count). The highest BCUT2D eigenvalue weighted by atomic mass is 16.6. The topological polar surface area (TPSA) is 108 Å². The van der Waals surface area contributed by atoms with Gasteiger partial charge in [0.15, 0.2) is 0 Å². The predicted octanol–water partition coefficient (Wildman–Crippen LogP) is 1.73. The number of unbranched alkanes of at least 4 members (excludes halogenated alkanes) is 1. The van der Waals surface area contributed by atoms with Gasteiger partial charge in [0.05, 0.1) is 19.3 Å². The number of aliphatic hydroxyl groups excluding tert-OH is 1. The van der Waals surface area contributed by atoms with Gasteiger partial charge in [0.1, 0.15) is 12.7 Å². The zero-order valence-electron chi connectivity index (χ0n) is 16.1. The third kappa shape index (κ3) is 19.7. The van der Waals surface area contributed by atoms with Crippen molar-refractivity contribution in [1.29, 1.82) is 0 Å². The Morgan fingerprint density at radius 1 is 0.852 bits per heavy atom. The van der Waals surface area contributed by atoms with Crippen molar-refractivity contribution >= 4 is 17.9 Å². The quantitative estimate of drug-likeness (QED) is 0.221. The fourth-order valence-corrected chi connectivity index (χ4v) is 1.33. The van der Waals surface area contributed by atoms with E-state index < -0.39 is 17.9 Å². The molecule has 0 saturated carbocycles. The summed E-state index contributed by atoms with van der Waals surface area (Å²) in [7, 11) is 0. The van der Waals surface area contributed by atoms with Crippen LogP contribution in [-0.4, -0.2) is 61.6 Å². The molecule has 2 unspecified atom stereocenters. The van der Waals surface area contributed by atoms with E-state index in [9.17, 15) is 14.4 Å². The normalized spacial score (nSPS) is 11.7. The first-order valence-corrected chi connectivity index (χ1v) is 8.44. The maximum absolute atomic E-state index is 10.8. The molecule has 8 nitrogen and oxygen atoms in total. The summed E-state index contributed by atoms with van der Waals surface area (Å²) >= 11 is 0. The molecular formula is C19H30O8. The van der Waals surface area contributed by atoms with E-state index in [-0.39, 0.29) is 32.0 Å². The van der Waals surface area contributed by atoms with Crippen molar-refractivity contribution in [3.8, 4) is 0 Å². The molecule has 0 aliphatic rings. The van der Waals surface area contributed by atoms with Gasteiger partial charge in [0.25, 0.3) is 0 Å². The minimum Gasteiger partial charge on any atom is -0.463 e. The van der Waals surface area contributed by atoms with Gasteiger partial charge in [-0.1, -0.05) is 19.7 Å². The van der Waals surface area contributed by atoms with E-state index in [1.54, 1.807) is 13.8 Å².